The van der Waals surface area contributed by atoms with Gasteiger partial charge in [-0.1, -0.05) is 12.1 Å². The fourth-order valence-corrected chi connectivity index (χ4v) is 3.77. The standard InChI is InChI=1S/C25H22N6/c1-16-4-3-5-23(31-16)25-24(29-15-30-25)18-6-7-22-19(9-18)10-21(14-28-22)20-8-17(11-26-2)12-27-13-20/h3-10,12-15,26H,11H2,1-2H3,(H,29,30). The summed E-state index contributed by atoms with van der Waals surface area (Å²) in [5.41, 5.74) is 8.84. The molecule has 152 valence electrons. The van der Waals surface area contributed by atoms with E-state index in [1.807, 2.05) is 56.8 Å². The average Bonchev–Trinajstić information content (AvgIpc) is 3.29. The summed E-state index contributed by atoms with van der Waals surface area (Å²) in [5, 5.41) is 4.22. The molecule has 0 bridgehead atoms. The van der Waals surface area contributed by atoms with E-state index in [2.05, 4.69) is 54.5 Å². The number of aryl methyl sites for hydroxylation is 1. The molecule has 5 aromatic rings. The third kappa shape index (κ3) is 3.81. The van der Waals surface area contributed by atoms with Crippen LogP contribution in [0.25, 0.3) is 44.7 Å². The van der Waals surface area contributed by atoms with Crippen LogP contribution in [0.5, 0.6) is 0 Å². The van der Waals surface area contributed by atoms with Crippen LogP contribution in [0.4, 0.5) is 0 Å². The van der Waals surface area contributed by atoms with Crippen LogP contribution >= 0.6 is 0 Å². The molecule has 0 spiro atoms. The van der Waals surface area contributed by atoms with E-state index in [0.29, 0.717) is 0 Å². The maximum absolute atomic E-state index is 4.66. The smallest absolute Gasteiger partial charge is 0.0977 e. The maximum Gasteiger partial charge on any atom is 0.0977 e. The molecule has 0 saturated heterocycles. The van der Waals surface area contributed by atoms with E-state index in [0.717, 1.165) is 62.5 Å². The minimum atomic E-state index is 0.779. The van der Waals surface area contributed by atoms with E-state index >= 15 is 0 Å². The van der Waals surface area contributed by atoms with E-state index in [1.165, 1.54) is 0 Å². The van der Waals surface area contributed by atoms with Gasteiger partial charge in [-0.05, 0) is 55.9 Å². The molecular formula is C25H22N6. The Balaban J connectivity index is 1.57. The van der Waals surface area contributed by atoms with Gasteiger partial charge in [0.1, 0.15) is 0 Å². The first kappa shape index (κ1) is 19.1. The molecule has 0 atom stereocenters. The molecule has 0 aliphatic heterocycles. The Hall–Kier alpha value is -3.90. The molecule has 0 aliphatic carbocycles. The summed E-state index contributed by atoms with van der Waals surface area (Å²) in [5.74, 6) is 0. The van der Waals surface area contributed by atoms with E-state index in [4.69, 9.17) is 0 Å². The highest BCUT2D eigenvalue weighted by Gasteiger charge is 2.13. The fraction of sp³-hybridized carbons (Fsp3) is 0.120. The number of hydrogen-bond acceptors (Lipinski definition) is 5. The second-order valence-electron chi connectivity index (χ2n) is 7.53. The average molecular weight is 406 g/mol. The van der Waals surface area contributed by atoms with Crippen molar-refractivity contribution in [3.63, 3.8) is 0 Å². The largest absolute Gasteiger partial charge is 0.343 e. The SMILES string of the molecule is CNCc1cncc(-c2cnc3ccc(-c4nc[nH]c4-c4cccc(C)n4)cc3c2)c1. The molecule has 0 amide bonds. The number of rotatable bonds is 5. The van der Waals surface area contributed by atoms with Gasteiger partial charge < -0.3 is 10.3 Å². The molecule has 1 aromatic carbocycles. The molecule has 4 heterocycles. The predicted molar refractivity (Wildman–Crippen MR) is 123 cm³/mol. The van der Waals surface area contributed by atoms with Gasteiger partial charge in [0.05, 0.1) is 28.9 Å². The maximum atomic E-state index is 4.66. The Morgan fingerprint density at radius 3 is 2.65 bits per heavy atom. The first-order valence-electron chi connectivity index (χ1n) is 10.2. The lowest BCUT2D eigenvalue weighted by molar-refractivity contribution is 0.813. The first-order valence-corrected chi connectivity index (χ1v) is 10.2. The summed E-state index contributed by atoms with van der Waals surface area (Å²) < 4.78 is 0. The van der Waals surface area contributed by atoms with Crippen LogP contribution in [0.3, 0.4) is 0 Å². The lowest BCUT2D eigenvalue weighted by Crippen LogP contribution is -2.05. The molecule has 6 heteroatoms. The number of fused-ring (bicyclic) bond motifs is 1. The number of pyridine rings is 3. The van der Waals surface area contributed by atoms with Crippen molar-refractivity contribution in [3.8, 4) is 33.8 Å². The Bertz CT molecular complexity index is 1370. The minimum Gasteiger partial charge on any atom is -0.343 e. The van der Waals surface area contributed by atoms with E-state index in [-0.39, 0.29) is 0 Å². The third-order valence-electron chi connectivity index (χ3n) is 5.25. The lowest BCUT2D eigenvalue weighted by Gasteiger charge is -2.08. The zero-order valence-electron chi connectivity index (χ0n) is 17.4. The second kappa shape index (κ2) is 8.08. The van der Waals surface area contributed by atoms with Gasteiger partial charge >= 0.3 is 0 Å². The topological polar surface area (TPSA) is 79.4 Å². The molecule has 0 unspecified atom stereocenters. The van der Waals surface area contributed by atoms with Gasteiger partial charge in [-0.25, -0.2) is 4.98 Å². The van der Waals surface area contributed by atoms with Crippen molar-refractivity contribution in [1.82, 2.24) is 30.2 Å². The molecule has 6 nitrogen and oxygen atoms in total. The molecule has 0 aliphatic rings. The van der Waals surface area contributed by atoms with Crippen LogP contribution < -0.4 is 5.32 Å². The lowest BCUT2D eigenvalue weighted by atomic mass is 10.0. The number of hydrogen-bond donors (Lipinski definition) is 2. The molecule has 2 N–H and O–H groups in total. The highest BCUT2D eigenvalue weighted by molar-refractivity contribution is 5.89. The minimum absolute atomic E-state index is 0.779. The van der Waals surface area contributed by atoms with E-state index in [9.17, 15) is 0 Å². The third-order valence-corrected chi connectivity index (χ3v) is 5.25. The van der Waals surface area contributed by atoms with Crippen molar-refractivity contribution >= 4 is 10.9 Å². The van der Waals surface area contributed by atoms with Crippen LogP contribution in [0.1, 0.15) is 11.3 Å². The summed E-state index contributed by atoms with van der Waals surface area (Å²) in [6, 6.07) is 16.5. The van der Waals surface area contributed by atoms with Crippen LogP contribution in [-0.4, -0.2) is 32.0 Å². The first-order chi connectivity index (χ1) is 15.2. The second-order valence-corrected chi connectivity index (χ2v) is 7.53. The summed E-state index contributed by atoms with van der Waals surface area (Å²) in [6.07, 6.45) is 7.37. The molecule has 0 radical (unpaired) electrons. The van der Waals surface area contributed by atoms with Gasteiger partial charge in [0.25, 0.3) is 0 Å². The van der Waals surface area contributed by atoms with Gasteiger partial charge in [-0.2, -0.15) is 0 Å². The summed E-state index contributed by atoms with van der Waals surface area (Å²) in [4.78, 5) is 21.5. The van der Waals surface area contributed by atoms with Crippen molar-refractivity contribution in [1.29, 1.82) is 0 Å². The van der Waals surface area contributed by atoms with Crippen LogP contribution in [0.2, 0.25) is 0 Å². The number of imidazole rings is 1. The number of aromatic amines is 1. The Morgan fingerprint density at radius 2 is 1.77 bits per heavy atom. The number of aromatic nitrogens is 5. The van der Waals surface area contributed by atoms with E-state index < -0.39 is 0 Å². The van der Waals surface area contributed by atoms with Gasteiger partial charge in [-0.3, -0.25) is 15.0 Å². The summed E-state index contributed by atoms with van der Waals surface area (Å²) in [7, 11) is 1.93. The van der Waals surface area contributed by atoms with Crippen molar-refractivity contribution in [2.24, 2.45) is 0 Å². The monoisotopic (exact) mass is 406 g/mol. The Kier molecular flexibility index (Phi) is 4.98. The summed E-state index contributed by atoms with van der Waals surface area (Å²) in [6.45, 7) is 2.77. The molecule has 0 fully saturated rings. The molecule has 0 saturated carbocycles. The predicted octanol–water partition coefficient (Wildman–Crippen LogP) is 4.78. The quantitative estimate of drug-likeness (QED) is 0.439. The number of nitrogens with zero attached hydrogens (tertiary/aromatic N) is 4. The van der Waals surface area contributed by atoms with Crippen LogP contribution in [-0.2, 0) is 6.54 Å². The fourth-order valence-electron chi connectivity index (χ4n) is 3.77. The van der Waals surface area contributed by atoms with Crippen LogP contribution in [0.15, 0.2) is 73.4 Å². The normalized spacial score (nSPS) is 11.2. The molecule has 31 heavy (non-hydrogen) atoms. The zero-order chi connectivity index (χ0) is 21.2. The van der Waals surface area contributed by atoms with Gasteiger partial charge in [0.15, 0.2) is 0 Å². The number of benzene rings is 1. The Morgan fingerprint density at radius 1 is 0.903 bits per heavy atom. The highest BCUT2D eigenvalue weighted by atomic mass is 14.9. The summed E-state index contributed by atoms with van der Waals surface area (Å²) >= 11 is 0. The number of H-pyrrole nitrogens is 1. The van der Waals surface area contributed by atoms with Crippen molar-refractivity contribution in [2.45, 2.75) is 13.5 Å². The van der Waals surface area contributed by atoms with Gasteiger partial charge in [0.2, 0.25) is 0 Å². The van der Waals surface area contributed by atoms with Crippen LogP contribution in [0, 0.1) is 6.92 Å². The zero-order valence-corrected chi connectivity index (χ0v) is 17.4. The molecular weight excluding hydrogens is 384 g/mol. The highest BCUT2D eigenvalue weighted by Crippen LogP contribution is 2.31. The van der Waals surface area contributed by atoms with E-state index in [1.54, 1.807) is 6.33 Å². The molecule has 4 aromatic heterocycles. The van der Waals surface area contributed by atoms with Crippen molar-refractivity contribution < 1.29 is 0 Å². The van der Waals surface area contributed by atoms with Gasteiger partial charge in [0, 0.05) is 52.9 Å². The molecule has 5 rings (SSSR count). The number of nitrogens with one attached hydrogen (secondary N) is 2. The van der Waals surface area contributed by atoms with Crippen molar-refractivity contribution in [3.05, 3.63) is 84.7 Å². The van der Waals surface area contributed by atoms with Gasteiger partial charge in [-0.15, -0.1) is 0 Å². The van der Waals surface area contributed by atoms with Crippen molar-refractivity contribution in [2.75, 3.05) is 7.05 Å². The Labute approximate surface area is 180 Å².